The van der Waals surface area contributed by atoms with Crippen molar-refractivity contribution in [3.63, 3.8) is 0 Å². The van der Waals surface area contributed by atoms with E-state index in [9.17, 15) is 17.6 Å². The summed E-state index contributed by atoms with van der Waals surface area (Å²) in [5.41, 5.74) is -0.567. The summed E-state index contributed by atoms with van der Waals surface area (Å²) in [7, 11) is 0. The van der Waals surface area contributed by atoms with E-state index >= 15 is 0 Å². The van der Waals surface area contributed by atoms with Gasteiger partial charge in [-0.05, 0) is 12.8 Å². The SMILES string of the molecule is C=CCCc1c(F)c(F)cc(F)c1F. The number of hydrogen-bond acceptors (Lipinski definition) is 0. The fourth-order valence-electron chi connectivity index (χ4n) is 1.09. The Morgan fingerprint density at radius 2 is 1.57 bits per heavy atom. The summed E-state index contributed by atoms with van der Waals surface area (Å²) < 4.78 is 51.2. The Balaban J connectivity index is 3.17. The zero-order valence-corrected chi connectivity index (χ0v) is 7.29. The van der Waals surface area contributed by atoms with Crippen LogP contribution in [0, 0.1) is 23.3 Å². The summed E-state index contributed by atoms with van der Waals surface area (Å²) >= 11 is 0. The molecular weight excluding hydrogens is 196 g/mol. The highest BCUT2D eigenvalue weighted by Gasteiger charge is 2.17. The number of allylic oxidation sites excluding steroid dienone is 1. The van der Waals surface area contributed by atoms with Gasteiger partial charge in [-0.25, -0.2) is 17.6 Å². The van der Waals surface area contributed by atoms with Gasteiger partial charge in [0.1, 0.15) is 0 Å². The molecule has 0 nitrogen and oxygen atoms in total. The molecule has 0 aliphatic heterocycles. The zero-order chi connectivity index (χ0) is 10.7. The molecule has 0 atom stereocenters. The molecule has 0 saturated heterocycles. The Hall–Kier alpha value is -1.32. The van der Waals surface area contributed by atoms with Crippen LogP contribution in [0.4, 0.5) is 17.6 Å². The van der Waals surface area contributed by atoms with E-state index in [1.54, 1.807) is 0 Å². The monoisotopic (exact) mass is 204 g/mol. The maximum absolute atomic E-state index is 12.9. The fourth-order valence-corrected chi connectivity index (χ4v) is 1.09. The third-order valence-electron chi connectivity index (χ3n) is 1.80. The number of hydrogen-bond donors (Lipinski definition) is 0. The van der Waals surface area contributed by atoms with Gasteiger partial charge in [0.2, 0.25) is 0 Å². The van der Waals surface area contributed by atoms with E-state index in [0.29, 0.717) is 0 Å². The zero-order valence-electron chi connectivity index (χ0n) is 7.29. The van der Waals surface area contributed by atoms with Crippen molar-refractivity contribution >= 4 is 0 Å². The number of halogens is 4. The van der Waals surface area contributed by atoms with Gasteiger partial charge < -0.3 is 0 Å². The van der Waals surface area contributed by atoms with Gasteiger partial charge in [-0.2, -0.15) is 0 Å². The van der Waals surface area contributed by atoms with Crippen LogP contribution in [-0.4, -0.2) is 0 Å². The van der Waals surface area contributed by atoms with Crippen LogP contribution in [0.15, 0.2) is 18.7 Å². The smallest absolute Gasteiger partial charge is 0.165 e. The normalized spacial score (nSPS) is 10.3. The molecule has 0 N–H and O–H groups in total. The first-order valence-electron chi connectivity index (χ1n) is 4.00. The van der Waals surface area contributed by atoms with E-state index in [1.807, 2.05) is 0 Å². The van der Waals surface area contributed by atoms with Crippen LogP contribution in [0.1, 0.15) is 12.0 Å². The molecule has 76 valence electrons. The Labute approximate surface area is 78.9 Å². The molecule has 14 heavy (non-hydrogen) atoms. The van der Waals surface area contributed by atoms with Crippen LogP contribution in [0.5, 0.6) is 0 Å². The minimum absolute atomic E-state index is 0.101. The molecule has 0 bridgehead atoms. The highest BCUT2D eigenvalue weighted by atomic mass is 19.2. The molecule has 0 spiro atoms. The van der Waals surface area contributed by atoms with Gasteiger partial charge in [-0.15, -0.1) is 6.58 Å². The van der Waals surface area contributed by atoms with Gasteiger partial charge in [0.05, 0.1) is 0 Å². The van der Waals surface area contributed by atoms with E-state index in [1.165, 1.54) is 6.08 Å². The molecule has 0 unspecified atom stereocenters. The lowest BCUT2D eigenvalue weighted by Gasteiger charge is -2.04. The maximum atomic E-state index is 12.9. The molecule has 0 aliphatic rings. The third kappa shape index (κ3) is 1.95. The summed E-state index contributed by atoms with van der Waals surface area (Å²) in [5.74, 6) is -5.40. The van der Waals surface area contributed by atoms with Gasteiger partial charge >= 0.3 is 0 Å². The molecule has 0 amide bonds. The lowest BCUT2D eigenvalue weighted by atomic mass is 10.1. The molecule has 4 heteroatoms. The molecule has 0 fully saturated rings. The second-order valence-corrected chi connectivity index (χ2v) is 2.77. The number of rotatable bonds is 3. The van der Waals surface area contributed by atoms with Crippen LogP contribution < -0.4 is 0 Å². The number of benzene rings is 1. The van der Waals surface area contributed by atoms with Gasteiger partial charge in [-0.3, -0.25) is 0 Å². The summed E-state index contributed by atoms with van der Waals surface area (Å²) in [6, 6.07) is 0.197. The Morgan fingerprint density at radius 1 is 1.07 bits per heavy atom. The van der Waals surface area contributed by atoms with E-state index in [4.69, 9.17) is 0 Å². The molecule has 0 heterocycles. The van der Waals surface area contributed by atoms with Gasteiger partial charge in [0.25, 0.3) is 0 Å². The summed E-state index contributed by atoms with van der Waals surface area (Å²) in [4.78, 5) is 0. The molecule has 1 aromatic carbocycles. The Morgan fingerprint density at radius 3 is 2.00 bits per heavy atom. The standard InChI is InChI=1S/C10H8F4/c1-2-3-4-6-9(13)7(11)5-8(12)10(6)14/h2,5H,1,3-4H2. The first-order chi connectivity index (χ1) is 6.57. The van der Waals surface area contributed by atoms with E-state index in [2.05, 4.69) is 6.58 Å². The molecular formula is C10H8F4. The summed E-state index contributed by atoms with van der Waals surface area (Å²) in [6.45, 7) is 3.35. The van der Waals surface area contributed by atoms with Crippen molar-refractivity contribution < 1.29 is 17.6 Å². The topological polar surface area (TPSA) is 0 Å². The molecule has 1 aromatic rings. The largest absolute Gasteiger partial charge is 0.204 e. The van der Waals surface area contributed by atoms with Crippen LogP contribution in [-0.2, 0) is 6.42 Å². The van der Waals surface area contributed by atoms with Crippen molar-refractivity contribution in [3.8, 4) is 0 Å². The van der Waals surface area contributed by atoms with Crippen molar-refractivity contribution in [3.05, 3.63) is 47.6 Å². The Kier molecular flexibility index (Phi) is 3.28. The lowest BCUT2D eigenvalue weighted by Crippen LogP contribution is -2.02. The van der Waals surface area contributed by atoms with Gasteiger partial charge in [0, 0.05) is 11.6 Å². The second-order valence-electron chi connectivity index (χ2n) is 2.77. The maximum Gasteiger partial charge on any atom is 0.165 e. The second kappa shape index (κ2) is 4.26. The van der Waals surface area contributed by atoms with Crippen molar-refractivity contribution in [2.45, 2.75) is 12.8 Å². The van der Waals surface area contributed by atoms with Gasteiger partial charge in [-0.1, -0.05) is 6.08 Å². The van der Waals surface area contributed by atoms with Crippen molar-refractivity contribution in [2.75, 3.05) is 0 Å². The van der Waals surface area contributed by atoms with Crippen LogP contribution in [0.2, 0.25) is 0 Å². The molecule has 0 radical (unpaired) electrons. The first kappa shape index (κ1) is 10.8. The van der Waals surface area contributed by atoms with Crippen LogP contribution in [0.3, 0.4) is 0 Å². The highest BCUT2D eigenvalue weighted by Crippen LogP contribution is 2.20. The van der Waals surface area contributed by atoms with E-state index < -0.39 is 28.8 Å². The summed E-state index contributed by atoms with van der Waals surface area (Å²) in [6.07, 6.45) is 1.58. The minimum Gasteiger partial charge on any atom is -0.204 e. The van der Waals surface area contributed by atoms with Crippen molar-refractivity contribution in [1.29, 1.82) is 0 Å². The average Bonchev–Trinajstić information content (AvgIpc) is 2.15. The van der Waals surface area contributed by atoms with Crippen molar-refractivity contribution in [1.82, 2.24) is 0 Å². The summed E-state index contributed by atoms with van der Waals surface area (Å²) in [5, 5.41) is 0. The van der Waals surface area contributed by atoms with Gasteiger partial charge in [0.15, 0.2) is 23.3 Å². The third-order valence-corrected chi connectivity index (χ3v) is 1.80. The van der Waals surface area contributed by atoms with Crippen LogP contribution >= 0.6 is 0 Å². The predicted octanol–water partition coefficient (Wildman–Crippen LogP) is 3.36. The fraction of sp³-hybridized carbons (Fsp3) is 0.200. The van der Waals surface area contributed by atoms with Crippen molar-refractivity contribution in [2.24, 2.45) is 0 Å². The molecule has 0 aromatic heterocycles. The molecule has 0 saturated carbocycles. The van der Waals surface area contributed by atoms with E-state index in [0.717, 1.165) is 0 Å². The molecule has 1 rings (SSSR count). The molecule has 0 aliphatic carbocycles. The van der Waals surface area contributed by atoms with Crippen LogP contribution in [0.25, 0.3) is 0 Å². The average molecular weight is 204 g/mol. The van der Waals surface area contributed by atoms with E-state index in [-0.39, 0.29) is 18.9 Å². The minimum atomic E-state index is -1.37. The lowest BCUT2D eigenvalue weighted by molar-refractivity contribution is 0.439. The Bertz CT molecular complexity index is 331. The highest BCUT2D eigenvalue weighted by molar-refractivity contribution is 5.23. The quantitative estimate of drug-likeness (QED) is 0.402. The first-order valence-corrected chi connectivity index (χ1v) is 4.00. The predicted molar refractivity (Wildman–Crippen MR) is 44.8 cm³/mol.